The van der Waals surface area contributed by atoms with Gasteiger partial charge in [0.05, 0.1) is 54.1 Å². The van der Waals surface area contributed by atoms with Gasteiger partial charge in [0.2, 0.25) is 11.5 Å². The number of ketones is 1. The van der Waals surface area contributed by atoms with Crippen LogP contribution in [0.2, 0.25) is 0 Å². The maximum absolute atomic E-state index is 13.2. The Labute approximate surface area is 193 Å². The average molecular weight is 462 g/mol. The van der Waals surface area contributed by atoms with Crippen LogP contribution in [0, 0.1) is 5.92 Å². The number of esters is 1. The summed E-state index contributed by atoms with van der Waals surface area (Å²) in [4.78, 5) is 25.4. The SMILES string of the molecule is COc1cc(C(=O)O[C@@H](c2cc(OC)c(OC)c(OC)c2)[C@H](C)C(C)=O)cc(OC)c1OC. The molecule has 0 radical (unpaired) electrons. The van der Waals surface area contributed by atoms with E-state index < -0.39 is 18.0 Å². The Balaban J connectivity index is 2.56. The molecule has 9 nitrogen and oxygen atoms in total. The molecule has 0 aliphatic rings. The molecule has 0 aliphatic carbocycles. The van der Waals surface area contributed by atoms with E-state index in [2.05, 4.69) is 0 Å². The number of carbonyl (C=O) groups excluding carboxylic acids is 2. The Bertz CT molecular complexity index is 949. The lowest BCUT2D eigenvalue weighted by Gasteiger charge is -2.25. The summed E-state index contributed by atoms with van der Waals surface area (Å²) in [7, 11) is 8.80. The highest BCUT2D eigenvalue weighted by Crippen LogP contribution is 2.43. The highest BCUT2D eigenvalue weighted by molar-refractivity contribution is 5.92. The smallest absolute Gasteiger partial charge is 0.339 e. The molecule has 180 valence electrons. The van der Waals surface area contributed by atoms with Gasteiger partial charge in [-0.3, -0.25) is 4.79 Å². The van der Waals surface area contributed by atoms with Crippen LogP contribution in [-0.2, 0) is 9.53 Å². The van der Waals surface area contributed by atoms with Gasteiger partial charge in [0, 0.05) is 5.56 Å². The van der Waals surface area contributed by atoms with Crippen LogP contribution in [0.1, 0.15) is 35.9 Å². The topological polar surface area (TPSA) is 98.8 Å². The number of Topliss-reactive ketones (excluding diaryl/α,β-unsaturated/α-hetero) is 1. The third-order valence-electron chi connectivity index (χ3n) is 5.25. The number of hydrogen-bond acceptors (Lipinski definition) is 9. The fourth-order valence-corrected chi connectivity index (χ4v) is 3.32. The molecule has 0 N–H and O–H groups in total. The summed E-state index contributed by atoms with van der Waals surface area (Å²) in [5.74, 6) is 0.573. The molecule has 2 rings (SSSR count). The molecular weight excluding hydrogens is 432 g/mol. The van der Waals surface area contributed by atoms with E-state index in [1.165, 1.54) is 61.7 Å². The zero-order valence-electron chi connectivity index (χ0n) is 20.1. The van der Waals surface area contributed by atoms with E-state index in [0.29, 0.717) is 40.1 Å². The Morgan fingerprint density at radius 2 is 1.06 bits per heavy atom. The minimum Gasteiger partial charge on any atom is -0.493 e. The maximum atomic E-state index is 13.2. The second kappa shape index (κ2) is 11.3. The molecule has 33 heavy (non-hydrogen) atoms. The van der Waals surface area contributed by atoms with Crippen molar-refractivity contribution in [1.82, 2.24) is 0 Å². The molecule has 2 atom stereocenters. The normalized spacial score (nSPS) is 12.2. The first-order valence-electron chi connectivity index (χ1n) is 10.1. The number of benzene rings is 2. The first-order chi connectivity index (χ1) is 15.8. The van der Waals surface area contributed by atoms with Gasteiger partial charge in [-0.05, 0) is 31.2 Å². The molecule has 2 aromatic carbocycles. The molecule has 0 unspecified atom stereocenters. The fourth-order valence-electron chi connectivity index (χ4n) is 3.32. The minimum atomic E-state index is -0.928. The zero-order valence-corrected chi connectivity index (χ0v) is 20.1. The van der Waals surface area contributed by atoms with E-state index in [1.807, 2.05) is 0 Å². The minimum absolute atomic E-state index is 0.161. The second-order valence-electron chi connectivity index (χ2n) is 7.10. The van der Waals surface area contributed by atoms with Crippen molar-refractivity contribution in [3.05, 3.63) is 35.4 Å². The van der Waals surface area contributed by atoms with E-state index in [4.69, 9.17) is 33.2 Å². The van der Waals surface area contributed by atoms with Gasteiger partial charge in [0.25, 0.3) is 0 Å². The molecule has 0 amide bonds. The van der Waals surface area contributed by atoms with Gasteiger partial charge in [0.15, 0.2) is 23.0 Å². The van der Waals surface area contributed by atoms with Crippen molar-refractivity contribution >= 4 is 11.8 Å². The Kier molecular flexibility index (Phi) is 8.78. The fraction of sp³-hybridized carbons (Fsp3) is 0.417. The van der Waals surface area contributed by atoms with Crippen LogP contribution in [0.4, 0.5) is 0 Å². The van der Waals surface area contributed by atoms with E-state index in [9.17, 15) is 9.59 Å². The summed E-state index contributed by atoms with van der Waals surface area (Å²) < 4.78 is 37.9. The van der Waals surface area contributed by atoms with Crippen molar-refractivity contribution in [1.29, 1.82) is 0 Å². The van der Waals surface area contributed by atoms with Crippen LogP contribution in [0.15, 0.2) is 24.3 Å². The van der Waals surface area contributed by atoms with Gasteiger partial charge in [-0.1, -0.05) is 6.92 Å². The maximum Gasteiger partial charge on any atom is 0.339 e. The Morgan fingerprint density at radius 1 is 0.667 bits per heavy atom. The second-order valence-corrected chi connectivity index (χ2v) is 7.10. The molecule has 0 heterocycles. The van der Waals surface area contributed by atoms with E-state index in [0.717, 1.165) is 0 Å². The summed E-state index contributed by atoms with van der Waals surface area (Å²) in [5.41, 5.74) is 0.672. The molecule has 0 bridgehead atoms. The lowest BCUT2D eigenvalue weighted by atomic mass is 9.93. The van der Waals surface area contributed by atoms with Crippen molar-refractivity contribution in [3.63, 3.8) is 0 Å². The van der Waals surface area contributed by atoms with E-state index in [-0.39, 0.29) is 11.3 Å². The first-order valence-corrected chi connectivity index (χ1v) is 10.1. The van der Waals surface area contributed by atoms with Crippen molar-refractivity contribution in [2.45, 2.75) is 20.0 Å². The monoisotopic (exact) mass is 462 g/mol. The van der Waals surface area contributed by atoms with Crippen LogP contribution in [0.25, 0.3) is 0 Å². The third kappa shape index (κ3) is 5.42. The molecular formula is C24H30O9. The van der Waals surface area contributed by atoms with Crippen LogP contribution in [-0.4, -0.2) is 54.4 Å². The van der Waals surface area contributed by atoms with Crippen LogP contribution < -0.4 is 28.4 Å². The van der Waals surface area contributed by atoms with Gasteiger partial charge in [-0.2, -0.15) is 0 Å². The summed E-state index contributed by atoms with van der Waals surface area (Å²) in [6.45, 7) is 3.11. The summed E-state index contributed by atoms with van der Waals surface area (Å²) >= 11 is 0. The lowest BCUT2D eigenvalue weighted by molar-refractivity contribution is -0.123. The van der Waals surface area contributed by atoms with Crippen LogP contribution in [0.3, 0.4) is 0 Å². The van der Waals surface area contributed by atoms with Crippen molar-refractivity contribution in [2.24, 2.45) is 5.92 Å². The van der Waals surface area contributed by atoms with Gasteiger partial charge < -0.3 is 33.2 Å². The molecule has 0 saturated heterocycles. The summed E-state index contributed by atoms with van der Waals surface area (Å²) in [5, 5.41) is 0. The molecule has 9 heteroatoms. The predicted octanol–water partition coefficient (Wildman–Crippen LogP) is 3.86. The molecule has 0 fully saturated rings. The highest BCUT2D eigenvalue weighted by Gasteiger charge is 2.30. The molecule has 2 aromatic rings. The lowest BCUT2D eigenvalue weighted by Crippen LogP contribution is -2.23. The zero-order chi connectivity index (χ0) is 24.7. The largest absolute Gasteiger partial charge is 0.493 e. The van der Waals surface area contributed by atoms with Gasteiger partial charge in [-0.25, -0.2) is 4.79 Å². The standard InChI is InChI=1S/C24H30O9/c1-13(14(2)25)21(15-9-17(27-3)22(31-7)18(10-15)28-4)33-24(26)16-11-19(29-5)23(32-8)20(12-16)30-6/h9-13,21H,1-8H3/t13-,21-/m1/s1. The number of ether oxygens (including phenoxy) is 7. The Morgan fingerprint density at radius 3 is 1.39 bits per heavy atom. The van der Waals surface area contributed by atoms with Crippen molar-refractivity contribution in [2.75, 3.05) is 42.7 Å². The van der Waals surface area contributed by atoms with E-state index >= 15 is 0 Å². The van der Waals surface area contributed by atoms with E-state index in [1.54, 1.807) is 19.1 Å². The van der Waals surface area contributed by atoms with Gasteiger partial charge >= 0.3 is 5.97 Å². The van der Waals surface area contributed by atoms with Crippen molar-refractivity contribution < 1.29 is 42.7 Å². The molecule has 0 aliphatic heterocycles. The predicted molar refractivity (Wildman–Crippen MR) is 120 cm³/mol. The molecule has 0 aromatic heterocycles. The Hall–Kier alpha value is -3.62. The number of hydrogen-bond donors (Lipinski definition) is 0. The van der Waals surface area contributed by atoms with Gasteiger partial charge in [0.1, 0.15) is 11.9 Å². The van der Waals surface area contributed by atoms with Crippen LogP contribution >= 0.6 is 0 Å². The number of methoxy groups -OCH3 is 6. The highest BCUT2D eigenvalue weighted by atomic mass is 16.6. The third-order valence-corrected chi connectivity index (χ3v) is 5.25. The average Bonchev–Trinajstić information content (AvgIpc) is 2.84. The summed E-state index contributed by atoms with van der Waals surface area (Å²) in [6.07, 6.45) is -0.928. The quantitative estimate of drug-likeness (QED) is 0.461. The molecule has 0 saturated carbocycles. The summed E-state index contributed by atoms with van der Waals surface area (Å²) in [6, 6.07) is 6.25. The van der Waals surface area contributed by atoms with Gasteiger partial charge in [-0.15, -0.1) is 0 Å². The first kappa shape index (κ1) is 25.6. The number of rotatable bonds is 11. The number of carbonyl (C=O) groups is 2. The van der Waals surface area contributed by atoms with Crippen molar-refractivity contribution in [3.8, 4) is 34.5 Å². The molecule has 0 spiro atoms. The van der Waals surface area contributed by atoms with Crippen LogP contribution in [0.5, 0.6) is 34.5 Å².